The molecule has 3 heterocycles. The van der Waals surface area contributed by atoms with Gasteiger partial charge in [-0.3, -0.25) is 4.79 Å². The number of aryl methyl sites for hydroxylation is 2. The van der Waals surface area contributed by atoms with Crippen LogP contribution in [0.25, 0.3) is 0 Å². The minimum absolute atomic E-state index is 0.184. The predicted octanol–water partition coefficient (Wildman–Crippen LogP) is 1.85. The standard InChI is InChI=1S/C14H19ClN4O/c1-8-9(2)17-14(13(15)16-8)19-6-5-11-10(7-19)3-4-12(20)18-11/h10-11H,3-7H2,1-2H3,(H,18,20). The third-order valence-electron chi connectivity index (χ3n) is 4.37. The molecule has 20 heavy (non-hydrogen) atoms. The third-order valence-corrected chi connectivity index (χ3v) is 4.62. The molecular weight excluding hydrogens is 276 g/mol. The number of fused-ring (bicyclic) bond motifs is 1. The van der Waals surface area contributed by atoms with Gasteiger partial charge in [0, 0.05) is 25.6 Å². The Hall–Kier alpha value is -1.36. The Balaban J connectivity index is 1.80. The number of anilines is 1. The van der Waals surface area contributed by atoms with Gasteiger partial charge in [0.25, 0.3) is 0 Å². The lowest BCUT2D eigenvalue weighted by Crippen LogP contribution is -2.54. The van der Waals surface area contributed by atoms with E-state index in [1.165, 1.54) is 0 Å². The van der Waals surface area contributed by atoms with E-state index >= 15 is 0 Å². The Labute approximate surface area is 123 Å². The summed E-state index contributed by atoms with van der Waals surface area (Å²) in [4.78, 5) is 22.6. The van der Waals surface area contributed by atoms with E-state index in [-0.39, 0.29) is 5.91 Å². The molecule has 3 rings (SSSR count). The van der Waals surface area contributed by atoms with Crippen molar-refractivity contribution in [3.05, 3.63) is 16.5 Å². The summed E-state index contributed by atoms with van der Waals surface area (Å²) < 4.78 is 0. The Morgan fingerprint density at radius 2 is 2.00 bits per heavy atom. The molecule has 1 aromatic heterocycles. The molecule has 0 bridgehead atoms. The quantitative estimate of drug-likeness (QED) is 0.859. The van der Waals surface area contributed by atoms with Crippen molar-refractivity contribution in [2.24, 2.45) is 5.92 Å². The first-order valence-electron chi connectivity index (χ1n) is 7.09. The number of carbonyl (C=O) groups excluding carboxylic acids is 1. The third kappa shape index (κ3) is 2.46. The zero-order valence-corrected chi connectivity index (χ0v) is 12.6. The number of hydrogen-bond donors (Lipinski definition) is 1. The van der Waals surface area contributed by atoms with E-state index in [2.05, 4.69) is 20.2 Å². The lowest BCUT2D eigenvalue weighted by Gasteiger charge is -2.42. The number of halogens is 1. The zero-order chi connectivity index (χ0) is 14.3. The fourth-order valence-electron chi connectivity index (χ4n) is 3.07. The van der Waals surface area contributed by atoms with Crippen LogP contribution in [0.4, 0.5) is 5.82 Å². The molecule has 1 aromatic rings. The second-order valence-corrected chi connectivity index (χ2v) is 6.07. The van der Waals surface area contributed by atoms with Crippen molar-refractivity contribution < 1.29 is 4.79 Å². The summed E-state index contributed by atoms with van der Waals surface area (Å²) in [5.41, 5.74) is 1.79. The van der Waals surface area contributed by atoms with Gasteiger partial charge in [0.05, 0.1) is 11.4 Å². The Morgan fingerprint density at radius 1 is 1.25 bits per heavy atom. The highest BCUT2D eigenvalue weighted by molar-refractivity contribution is 6.31. The molecule has 0 aliphatic carbocycles. The molecule has 1 amide bonds. The minimum atomic E-state index is 0.184. The molecule has 2 fully saturated rings. The molecule has 0 radical (unpaired) electrons. The van der Waals surface area contributed by atoms with Gasteiger partial charge >= 0.3 is 0 Å². The fraction of sp³-hybridized carbons (Fsp3) is 0.643. The number of piperidine rings is 2. The van der Waals surface area contributed by atoms with Crippen molar-refractivity contribution >= 4 is 23.3 Å². The van der Waals surface area contributed by atoms with E-state index in [0.29, 0.717) is 23.5 Å². The fourth-order valence-corrected chi connectivity index (χ4v) is 3.36. The SMILES string of the molecule is Cc1nc(Cl)c(N2CCC3NC(=O)CCC3C2)nc1C. The summed E-state index contributed by atoms with van der Waals surface area (Å²) in [5.74, 6) is 1.45. The maximum atomic E-state index is 11.4. The van der Waals surface area contributed by atoms with Crippen molar-refractivity contribution in [2.75, 3.05) is 18.0 Å². The van der Waals surface area contributed by atoms with Crippen LogP contribution >= 0.6 is 11.6 Å². The lowest BCUT2D eigenvalue weighted by atomic mass is 9.85. The molecule has 6 heteroatoms. The molecule has 2 unspecified atom stereocenters. The molecule has 0 spiro atoms. The maximum Gasteiger partial charge on any atom is 0.220 e. The summed E-state index contributed by atoms with van der Waals surface area (Å²) in [7, 11) is 0. The van der Waals surface area contributed by atoms with E-state index in [4.69, 9.17) is 11.6 Å². The lowest BCUT2D eigenvalue weighted by molar-refractivity contribution is -0.124. The normalized spacial score (nSPS) is 26.1. The number of hydrogen-bond acceptors (Lipinski definition) is 4. The van der Waals surface area contributed by atoms with Crippen molar-refractivity contribution in [1.29, 1.82) is 0 Å². The van der Waals surface area contributed by atoms with Gasteiger partial charge in [0.2, 0.25) is 5.91 Å². The van der Waals surface area contributed by atoms with Crippen LogP contribution < -0.4 is 10.2 Å². The monoisotopic (exact) mass is 294 g/mol. The first-order valence-corrected chi connectivity index (χ1v) is 7.47. The Kier molecular flexibility index (Phi) is 3.54. The maximum absolute atomic E-state index is 11.4. The predicted molar refractivity (Wildman–Crippen MR) is 78.0 cm³/mol. The molecule has 2 aliphatic rings. The molecule has 0 saturated carbocycles. The molecule has 2 atom stereocenters. The van der Waals surface area contributed by atoms with Crippen LogP contribution in [0.2, 0.25) is 5.15 Å². The summed E-state index contributed by atoms with van der Waals surface area (Å²) in [6.07, 6.45) is 2.52. The molecular formula is C14H19ClN4O. The number of rotatable bonds is 1. The summed E-state index contributed by atoms with van der Waals surface area (Å²) in [6.45, 7) is 5.62. The van der Waals surface area contributed by atoms with Gasteiger partial charge in [-0.2, -0.15) is 0 Å². The average Bonchev–Trinajstić information content (AvgIpc) is 2.42. The van der Waals surface area contributed by atoms with E-state index in [1.54, 1.807) is 0 Å². The molecule has 0 aromatic carbocycles. The smallest absolute Gasteiger partial charge is 0.220 e. The molecule has 5 nitrogen and oxygen atoms in total. The van der Waals surface area contributed by atoms with Crippen LogP contribution in [0.1, 0.15) is 30.7 Å². The van der Waals surface area contributed by atoms with Crippen molar-refractivity contribution in [2.45, 2.75) is 39.2 Å². The van der Waals surface area contributed by atoms with Gasteiger partial charge < -0.3 is 10.2 Å². The van der Waals surface area contributed by atoms with Gasteiger partial charge in [-0.15, -0.1) is 0 Å². The second-order valence-electron chi connectivity index (χ2n) is 5.72. The minimum Gasteiger partial charge on any atom is -0.354 e. The zero-order valence-electron chi connectivity index (χ0n) is 11.8. The van der Waals surface area contributed by atoms with E-state index in [0.717, 1.165) is 43.1 Å². The molecule has 2 aliphatic heterocycles. The summed E-state index contributed by atoms with van der Waals surface area (Å²) in [6, 6.07) is 0.311. The van der Waals surface area contributed by atoms with Gasteiger partial charge in [-0.25, -0.2) is 9.97 Å². The first kappa shape index (κ1) is 13.6. The Morgan fingerprint density at radius 3 is 2.80 bits per heavy atom. The number of carbonyl (C=O) groups is 1. The Bertz CT molecular complexity index is 548. The molecule has 108 valence electrons. The number of nitrogens with zero attached hydrogens (tertiary/aromatic N) is 3. The van der Waals surface area contributed by atoms with Crippen molar-refractivity contribution in [3.8, 4) is 0 Å². The molecule has 2 saturated heterocycles. The highest BCUT2D eigenvalue weighted by atomic mass is 35.5. The van der Waals surface area contributed by atoms with Gasteiger partial charge in [-0.1, -0.05) is 11.6 Å². The van der Waals surface area contributed by atoms with Crippen LogP contribution in [0.5, 0.6) is 0 Å². The second kappa shape index (κ2) is 5.20. The topological polar surface area (TPSA) is 58.1 Å². The van der Waals surface area contributed by atoms with E-state index in [9.17, 15) is 4.79 Å². The van der Waals surface area contributed by atoms with Crippen LogP contribution in [0.3, 0.4) is 0 Å². The van der Waals surface area contributed by atoms with Gasteiger partial charge in [0.1, 0.15) is 0 Å². The van der Waals surface area contributed by atoms with Crippen LogP contribution in [-0.2, 0) is 4.79 Å². The number of aromatic nitrogens is 2. The van der Waals surface area contributed by atoms with Crippen molar-refractivity contribution in [1.82, 2.24) is 15.3 Å². The molecule has 1 N–H and O–H groups in total. The summed E-state index contributed by atoms with van der Waals surface area (Å²) in [5, 5.41) is 3.57. The van der Waals surface area contributed by atoms with Gasteiger partial charge in [0.15, 0.2) is 11.0 Å². The summed E-state index contributed by atoms with van der Waals surface area (Å²) >= 11 is 6.25. The first-order chi connectivity index (χ1) is 9.54. The van der Waals surface area contributed by atoms with E-state index < -0.39 is 0 Å². The van der Waals surface area contributed by atoms with E-state index in [1.807, 2.05) is 13.8 Å². The van der Waals surface area contributed by atoms with Crippen LogP contribution in [0.15, 0.2) is 0 Å². The van der Waals surface area contributed by atoms with Crippen molar-refractivity contribution in [3.63, 3.8) is 0 Å². The number of nitrogens with one attached hydrogen (secondary N) is 1. The highest BCUT2D eigenvalue weighted by Crippen LogP contribution is 2.31. The average molecular weight is 295 g/mol. The number of amides is 1. The van der Waals surface area contributed by atoms with Crippen LogP contribution in [-0.4, -0.2) is 35.0 Å². The largest absolute Gasteiger partial charge is 0.354 e. The van der Waals surface area contributed by atoms with Crippen LogP contribution in [0, 0.1) is 19.8 Å². The van der Waals surface area contributed by atoms with Gasteiger partial charge in [-0.05, 0) is 32.6 Å². The highest BCUT2D eigenvalue weighted by Gasteiger charge is 2.34.